The molecule has 2 bridgehead atoms. The van der Waals surface area contributed by atoms with Crippen molar-refractivity contribution in [1.29, 1.82) is 5.26 Å². The van der Waals surface area contributed by atoms with Crippen LogP contribution in [0.2, 0.25) is 0 Å². The van der Waals surface area contributed by atoms with E-state index in [0.29, 0.717) is 5.92 Å². The number of carbonyl (C=O) groups is 2. The van der Waals surface area contributed by atoms with Crippen LogP contribution >= 0.6 is 0 Å². The molecule has 3 atom stereocenters. The van der Waals surface area contributed by atoms with Crippen LogP contribution in [0.5, 0.6) is 0 Å². The fourth-order valence-electron chi connectivity index (χ4n) is 6.45. The van der Waals surface area contributed by atoms with Crippen LogP contribution in [-0.2, 0) is 9.59 Å². The molecule has 0 aromatic rings. The van der Waals surface area contributed by atoms with E-state index in [9.17, 15) is 19.2 Å². The van der Waals surface area contributed by atoms with Crippen LogP contribution in [0.1, 0.15) is 84.0 Å². The molecule has 5 fully saturated rings. The van der Waals surface area contributed by atoms with Gasteiger partial charge in [-0.3, -0.25) is 9.59 Å². The molecule has 5 aliphatic rings. The molecule has 1 saturated heterocycles. The second-order valence-corrected chi connectivity index (χ2v) is 10.6. The number of hydrogen-bond donors (Lipinski definition) is 2. The Hall–Kier alpha value is -1.68. The molecule has 2 N–H and O–H groups in total. The minimum absolute atomic E-state index is 0.0220. The van der Waals surface area contributed by atoms with E-state index >= 15 is 0 Å². The maximum absolute atomic E-state index is 13.6. The molecule has 3 unspecified atom stereocenters. The molecule has 1 aliphatic heterocycles. The summed E-state index contributed by atoms with van der Waals surface area (Å²) in [6, 6.07) is 1.64. The Morgan fingerprint density at radius 3 is 2.39 bits per heavy atom. The van der Waals surface area contributed by atoms with Gasteiger partial charge < -0.3 is 15.5 Å². The predicted octanol–water partition coefficient (Wildman–Crippen LogP) is 3.22. The van der Waals surface area contributed by atoms with Gasteiger partial charge in [0.05, 0.1) is 19.2 Å². The van der Waals surface area contributed by atoms with Crippen molar-refractivity contribution >= 4 is 11.8 Å². The normalized spacial score (nSPS) is 36.7. The molecule has 1 heterocycles. The van der Waals surface area contributed by atoms with Crippen LogP contribution in [0, 0.1) is 22.7 Å². The molecular weight excluding hydrogens is 395 g/mol. The van der Waals surface area contributed by atoms with Gasteiger partial charge in [0.2, 0.25) is 11.8 Å². The number of nitriles is 1. The first kappa shape index (κ1) is 22.5. The molecule has 0 radical (unpaired) electrons. The largest absolute Gasteiger partial charge is 0.353 e. The van der Waals surface area contributed by atoms with Crippen LogP contribution in [0.4, 0.5) is 4.39 Å². The molecule has 0 spiro atoms. The van der Waals surface area contributed by atoms with Crippen molar-refractivity contribution in [2.75, 3.05) is 13.1 Å². The summed E-state index contributed by atoms with van der Waals surface area (Å²) in [6.07, 6.45) is 10.6. The van der Waals surface area contributed by atoms with E-state index in [4.69, 9.17) is 0 Å². The van der Waals surface area contributed by atoms with Gasteiger partial charge in [0.15, 0.2) is 0 Å². The van der Waals surface area contributed by atoms with Crippen LogP contribution in [-0.4, -0.2) is 53.6 Å². The van der Waals surface area contributed by atoms with Gasteiger partial charge in [0.25, 0.3) is 0 Å². The number of nitrogens with zero attached hydrogens (tertiary/aromatic N) is 2. The third-order valence-electron chi connectivity index (χ3n) is 8.78. The SMILES string of the molecule is CC(NC(=O)C12CCC(NCC(=O)N3CC(F)CC3C#N)(CC1)CC2)C1CCCCC1. The summed E-state index contributed by atoms with van der Waals surface area (Å²) in [4.78, 5) is 27.2. The average Bonchev–Trinajstić information content (AvgIpc) is 3.20. The maximum Gasteiger partial charge on any atom is 0.237 e. The monoisotopic (exact) mass is 432 g/mol. The number of fused-ring (bicyclic) bond motifs is 3. The fraction of sp³-hybridized carbons (Fsp3) is 0.875. The van der Waals surface area contributed by atoms with Crippen molar-refractivity contribution in [1.82, 2.24) is 15.5 Å². The highest BCUT2D eigenvalue weighted by atomic mass is 19.1. The topological polar surface area (TPSA) is 85.2 Å². The zero-order chi connectivity index (χ0) is 22.1. The third-order valence-corrected chi connectivity index (χ3v) is 8.78. The van der Waals surface area contributed by atoms with Crippen molar-refractivity contribution in [2.45, 2.75) is 108 Å². The van der Waals surface area contributed by atoms with Crippen molar-refractivity contribution in [2.24, 2.45) is 11.3 Å². The Bertz CT molecular complexity index is 705. The minimum Gasteiger partial charge on any atom is -0.353 e. The zero-order valence-corrected chi connectivity index (χ0v) is 18.8. The molecular formula is C24H37FN4O2. The van der Waals surface area contributed by atoms with Gasteiger partial charge in [-0.05, 0) is 64.2 Å². The summed E-state index contributed by atoms with van der Waals surface area (Å²) in [5.74, 6) is 0.653. The van der Waals surface area contributed by atoms with Crippen LogP contribution in [0.3, 0.4) is 0 Å². The van der Waals surface area contributed by atoms with Gasteiger partial charge in [-0.1, -0.05) is 19.3 Å². The number of halogens is 1. The molecule has 4 aliphatic carbocycles. The van der Waals surface area contributed by atoms with Crippen molar-refractivity contribution in [3.05, 3.63) is 0 Å². The lowest BCUT2D eigenvalue weighted by atomic mass is 9.56. The number of alkyl halides is 1. The number of rotatable bonds is 6. The van der Waals surface area contributed by atoms with E-state index in [1.807, 2.05) is 6.07 Å². The number of carbonyl (C=O) groups excluding carboxylic acids is 2. The standard InChI is InChI=1S/C24H37FN4O2/c1-17(18-5-3-2-4-6-18)28-22(31)23-7-10-24(11-8-23,12-9-23)27-15-21(30)29-16-19(25)13-20(29)14-26/h17-20,27H,2-13,15-16H2,1H3,(H,28,31). The van der Waals surface area contributed by atoms with Gasteiger partial charge in [-0.25, -0.2) is 4.39 Å². The number of likely N-dealkylation sites (tertiary alicyclic amines) is 1. The summed E-state index contributed by atoms with van der Waals surface area (Å²) in [6.45, 7) is 2.33. The second kappa shape index (κ2) is 9.05. The van der Waals surface area contributed by atoms with Crippen LogP contribution in [0.25, 0.3) is 0 Å². The Labute approximate surface area is 185 Å². The molecule has 31 heavy (non-hydrogen) atoms. The first-order valence-corrected chi connectivity index (χ1v) is 12.3. The van der Waals surface area contributed by atoms with E-state index in [-0.39, 0.29) is 48.3 Å². The van der Waals surface area contributed by atoms with Crippen LogP contribution < -0.4 is 10.6 Å². The lowest BCUT2D eigenvalue weighted by Gasteiger charge is -2.53. The molecule has 4 saturated carbocycles. The molecule has 5 rings (SSSR count). The number of nitrogens with one attached hydrogen (secondary N) is 2. The van der Waals surface area contributed by atoms with Crippen LogP contribution in [0.15, 0.2) is 0 Å². The second-order valence-electron chi connectivity index (χ2n) is 10.6. The predicted molar refractivity (Wildman–Crippen MR) is 116 cm³/mol. The zero-order valence-electron chi connectivity index (χ0n) is 18.8. The van der Waals surface area contributed by atoms with Gasteiger partial charge in [0.1, 0.15) is 12.2 Å². The van der Waals surface area contributed by atoms with E-state index in [1.165, 1.54) is 37.0 Å². The van der Waals surface area contributed by atoms with Gasteiger partial charge >= 0.3 is 0 Å². The minimum atomic E-state index is -1.11. The summed E-state index contributed by atoms with van der Waals surface area (Å²) >= 11 is 0. The number of hydrogen-bond acceptors (Lipinski definition) is 4. The van der Waals surface area contributed by atoms with E-state index in [1.54, 1.807) is 0 Å². The van der Waals surface area contributed by atoms with E-state index < -0.39 is 12.2 Å². The quantitative estimate of drug-likeness (QED) is 0.675. The van der Waals surface area contributed by atoms with Gasteiger partial charge in [-0.15, -0.1) is 0 Å². The molecule has 7 heteroatoms. The smallest absolute Gasteiger partial charge is 0.237 e. The average molecular weight is 433 g/mol. The molecule has 2 amide bonds. The fourth-order valence-corrected chi connectivity index (χ4v) is 6.45. The first-order valence-electron chi connectivity index (χ1n) is 12.3. The Morgan fingerprint density at radius 1 is 1.13 bits per heavy atom. The summed E-state index contributed by atoms with van der Waals surface area (Å²) in [7, 11) is 0. The summed E-state index contributed by atoms with van der Waals surface area (Å²) < 4.78 is 13.6. The van der Waals surface area contributed by atoms with E-state index in [0.717, 1.165) is 38.5 Å². The molecule has 0 aromatic carbocycles. The van der Waals surface area contributed by atoms with Crippen molar-refractivity contribution in [3.8, 4) is 6.07 Å². The highest BCUT2D eigenvalue weighted by Gasteiger charge is 2.52. The highest BCUT2D eigenvalue weighted by molar-refractivity contribution is 5.83. The number of amides is 2. The summed E-state index contributed by atoms with van der Waals surface area (Å²) in [5.41, 5.74) is -0.359. The molecule has 172 valence electrons. The Kier molecular flexibility index (Phi) is 6.57. The molecule has 0 aromatic heterocycles. The first-order chi connectivity index (χ1) is 14.9. The molecule has 6 nitrogen and oxygen atoms in total. The Morgan fingerprint density at radius 2 is 1.77 bits per heavy atom. The highest BCUT2D eigenvalue weighted by Crippen LogP contribution is 2.52. The van der Waals surface area contributed by atoms with E-state index in [2.05, 4.69) is 17.6 Å². The Balaban J connectivity index is 1.28. The van der Waals surface area contributed by atoms with Crippen molar-refractivity contribution in [3.63, 3.8) is 0 Å². The van der Waals surface area contributed by atoms with Gasteiger partial charge in [0, 0.05) is 23.4 Å². The van der Waals surface area contributed by atoms with Gasteiger partial charge in [-0.2, -0.15) is 5.26 Å². The summed E-state index contributed by atoms with van der Waals surface area (Å²) in [5, 5.41) is 16.0. The lowest BCUT2D eigenvalue weighted by molar-refractivity contribution is -0.140. The lowest BCUT2D eigenvalue weighted by Crippen LogP contribution is -2.60. The third kappa shape index (κ3) is 4.60. The van der Waals surface area contributed by atoms with Crippen molar-refractivity contribution < 1.29 is 14.0 Å². The maximum atomic E-state index is 13.6.